The average Bonchev–Trinajstić information content (AvgIpc) is 3.11. The first kappa shape index (κ1) is 16.7. The Balaban J connectivity index is 1.69. The second kappa shape index (κ2) is 6.87. The second-order valence-corrected chi connectivity index (χ2v) is 7.14. The summed E-state index contributed by atoms with van der Waals surface area (Å²) in [6, 6.07) is 18.8. The number of amides is 1. The standard InChI is InChI=1S/C22H25N3O/c1-17-8-6-7-15-24(17)22(26)18-11-12-20-13-14-21(25(20)16-18)23(2)19-9-4-3-5-10-19/h3-5,9-14,16-17H,6-8,15H2,1-2H3/t17-/m0/s1. The number of pyridine rings is 1. The lowest BCUT2D eigenvalue weighted by Crippen LogP contribution is -2.42. The number of nitrogens with zero attached hydrogens (tertiary/aromatic N) is 3. The molecule has 0 unspecified atom stereocenters. The molecule has 0 radical (unpaired) electrons. The average molecular weight is 347 g/mol. The van der Waals surface area contributed by atoms with Crippen molar-refractivity contribution in [3.05, 3.63) is 66.4 Å². The van der Waals surface area contributed by atoms with Crippen LogP contribution in [0.15, 0.2) is 60.8 Å². The Kier molecular flexibility index (Phi) is 4.41. The van der Waals surface area contributed by atoms with E-state index in [0.717, 1.165) is 42.0 Å². The highest BCUT2D eigenvalue weighted by molar-refractivity contribution is 5.94. The number of rotatable bonds is 3. The van der Waals surface area contributed by atoms with Gasteiger partial charge in [0.05, 0.1) is 5.56 Å². The molecule has 0 spiro atoms. The van der Waals surface area contributed by atoms with E-state index in [1.165, 1.54) is 6.42 Å². The predicted octanol–water partition coefficient (Wildman–Crippen LogP) is 4.72. The third-order valence-electron chi connectivity index (χ3n) is 5.43. The summed E-state index contributed by atoms with van der Waals surface area (Å²) in [5.74, 6) is 1.19. The molecule has 1 fully saturated rings. The third-order valence-corrected chi connectivity index (χ3v) is 5.43. The fourth-order valence-electron chi connectivity index (χ4n) is 3.84. The van der Waals surface area contributed by atoms with Gasteiger partial charge in [-0.05, 0) is 62.6 Å². The van der Waals surface area contributed by atoms with E-state index >= 15 is 0 Å². The molecule has 0 saturated carbocycles. The van der Waals surface area contributed by atoms with E-state index in [0.29, 0.717) is 6.04 Å². The molecule has 4 nitrogen and oxygen atoms in total. The third kappa shape index (κ3) is 2.96. The van der Waals surface area contributed by atoms with Crippen molar-refractivity contribution in [1.82, 2.24) is 9.30 Å². The molecule has 4 rings (SSSR count). The predicted molar refractivity (Wildman–Crippen MR) is 106 cm³/mol. The number of para-hydroxylation sites is 1. The van der Waals surface area contributed by atoms with Gasteiger partial charge in [-0.2, -0.15) is 0 Å². The van der Waals surface area contributed by atoms with Gasteiger partial charge in [0.25, 0.3) is 5.91 Å². The minimum atomic E-state index is 0.140. The van der Waals surface area contributed by atoms with Crippen LogP contribution in [0.2, 0.25) is 0 Å². The number of hydrogen-bond donors (Lipinski definition) is 0. The molecule has 1 saturated heterocycles. The molecule has 0 bridgehead atoms. The summed E-state index contributed by atoms with van der Waals surface area (Å²) in [5, 5.41) is 0. The van der Waals surface area contributed by atoms with Crippen LogP contribution in [0.25, 0.3) is 5.52 Å². The first-order chi connectivity index (χ1) is 12.6. The van der Waals surface area contributed by atoms with Gasteiger partial charge in [-0.3, -0.25) is 4.79 Å². The molecule has 1 aliphatic heterocycles. The maximum atomic E-state index is 13.0. The van der Waals surface area contributed by atoms with Crippen molar-refractivity contribution in [2.75, 3.05) is 18.5 Å². The largest absolute Gasteiger partial charge is 0.336 e. The van der Waals surface area contributed by atoms with Crippen molar-refractivity contribution < 1.29 is 4.79 Å². The van der Waals surface area contributed by atoms with Crippen LogP contribution in [0.1, 0.15) is 36.5 Å². The van der Waals surface area contributed by atoms with Crippen molar-refractivity contribution in [1.29, 1.82) is 0 Å². The Morgan fingerprint density at radius 1 is 1.04 bits per heavy atom. The Morgan fingerprint density at radius 3 is 2.58 bits per heavy atom. The first-order valence-corrected chi connectivity index (χ1v) is 9.36. The number of fused-ring (bicyclic) bond motifs is 1. The molecule has 3 aromatic rings. The van der Waals surface area contributed by atoms with Gasteiger partial charge in [-0.15, -0.1) is 0 Å². The van der Waals surface area contributed by atoms with Crippen LogP contribution in [0.4, 0.5) is 11.5 Å². The van der Waals surface area contributed by atoms with E-state index in [-0.39, 0.29) is 5.91 Å². The van der Waals surface area contributed by atoms with E-state index in [2.05, 4.69) is 47.5 Å². The monoisotopic (exact) mass is 347 g/mol. The van der Waals surface area contributed by atoms with Crippen molar-refractivity contribution in [2.24, 2.45) is 0 Å². The van der Waals surface area contributed by atoms with E-state index < -0.39 is 0 Å². The lowest BCUT2D eigenvalue weighted by Gasteiger charge is -2.33. The van der Waals surface area contributed by atoms with Gasteiger partial charge in [0.2, 0.25) is 0 Å². The zero-order valence-corrected chi connectivity index (χ0v) is 15.4. The Bertz CT molecular complexity index is 916. The van der Waals surface area contributed by atoms with Crippen molar-refractivity contribution in [3.63, 3.8) is 0 Å². The maximum absolute atomic E-state index is 13.0. The SMILES string of the molecule is C[C@H]1CCCCN1C(=O)c1ccc2ccc(N(C)c3ccccc3)n2c1. The minimum absolute atomic E-state index is 0.140. The van der Waals surface area contributed by atoms with Gasteiger partial charge in [-0.25, -0.2) is 0 Å². The number of benzene rings is 1. The van der Waals surface area contributed by atoms with Gasteiger partial charge in [0.1, 0.15) is 5.82 Å². The molecule has 3 heterocycles. The lowest BCUT2D eigenvalue weighted by molar-refractivity contribution is 0.0635. The van der Waals surface area contributed by atoms with E-state index in [1.54, 1.807) is 0 Å². The van der Waals surface area contributed by atoms with Crippen LogP contribution < -0.4 is 4.90 Å². The number of carbonyl (C=O) groups excluding carboxylic acids is 1. The first-order valence-electron chi connectivity index (χ1n) is 9.36. The molecule has 0 N–H and O–H groups in total. The summed E-state index contributed by atoms with van der Waals surface area (Å²) >= 11 is 0. The van der Waals surface area contributed by atoms with Crippen LogP contribution in [-0.2, 0) is 0 Å². The van der Waals surface area contributed by atoms with Gasteiger partial charge in [0.15, 0.2) is 0 Å². The van der Waals surface area contributed by atoms with Crippen LogP contribution in [0, 0.1) is 0 Å². The summed E-state index contributed by atoms with van der Waals surface area (Å²) in [5.41, 5.74) is 2.96. The Labute approximate surface area is 154 Å². The minimum Gasteiger partial charge on any atom is -0.336 e. The molecule has 1 aromatic carbocycles. The maximum Gasteiger partial charge on any atom is 0.255 e. The highest BCUT2D eigenvalue weighted by Crippen LogP contribution is 2.27. The van der Waals surface area contributed by atoms with Crippen molar-refractivity contribution >= 4 is 22.9 Å². The van der Waals surface area contributed by atoms with E-state index in [1.807, 2.05) is 41.4 Å². The van der Waals surface area contributed by atoms with Gasteiger partial charge in [0, 0.05) is 37.0 Å². The number of anilines is 2. The molecule has 2 aromatic heterocycles. The van der Waals surface area contributed by atoms with Crippen molar-refractivity contribution in [2.45, 2.75) is 32.2 Å². The van der Waals surface area contributed by atoms with E-state index in [9.17, 15) is 4.79 Å². The highest BCUT2D eigenvalue weighted by atomic mass is 16.2. The van der Waals surface area contributed by atoms with Gasteiger partial charge in [-0.1, -0.05) is 18.2 Å². The summed E-state index contributed by atoms with van der Waals surface area (Å²) < 4.78 is 2.11. The van der Waals surface area contributed by atoms with E-state index in [4.69, 9.17) is 0 Å². The summed E-state index contributed by atoms with van der Waals surface area (Å²) in [4.78, 5) is 17.2. The van der Waals surface area contributed by atoms with Gasteiger partial charge >= 0.3 is 0 Å². The fraction of sp³-hybridized carbons (Fsp3) is 0.318. The van der Waals surface area contributed by atoms with Crippen LogP contribution >= 0.6 is 0 Å². The summed E-state index contributed by atoms with van der Waals surface area (Å²) in [6.07, 6.45) is 5.39. The topological polar surface area (TPSA) is 28.0 Å². The highest BCUT2D eigenvalue weighted by Gasteiger charge is 2.24. The molecule has 0 aliphatic carbocycles. The Morgan fingerprint density at radius 2 is 1.81 bits per heavy atom. The van der Waals surface area contributed by atoms with Crippen molar-refractivity contribution in [3.8, 4) is 0 Å². The summed E-state index contributed by atoms with van der Waals surface area (Å²) in [6.45, 7) is 3.01. The number of hydrogen-bond acceptors (Lipinski definition) is 2. The normalized spacial score (nSPS) is 17.5. The molecule has 4 heteroatoms. The van der Waals surface area contributed by atoms with Crippen LogP contribution in [-0.4, -0.2) is 34.8 Å². The summed E-state index contributed by atoms with van der Waals surface area (Å²) in [7, 11) is 2.05. The number of likely N-dealkylation sites (tertiary alicyclic amines) is 1. The zero-order chi connectivity index (χ0) is 18.1. The number of carbonyl (C=O) groups is 1. The van der Waals surface area contributed by atoms with Crippen LogP contribution in [0.3, 0.4) is 0 Å². The fourth-order valence-corrected chi connectivity index (χ4v) is 3.84. The van der Waals surface area contributed by atoms with Crippen LogP contribution in [0.5, 0.6) is 0 Å². The number of piperidine rings is 1. The molecule has 1 amide bonds. The molecular weight excluding hydrogens is 322 g/mol. The zero-order valence-electron chi connectivity index (χ0n) is 15.4. The smallest absolute Gasteiger partial charge is 0.255 e. The molecule has 1 aliphatic rings. The quantitative estimate of drug-likeness (QED) is 0.685. The molecule has 26 heavy (non-hydrogen) atoms. The molecule has 134 valence electrons. The Hall–Kier alpha value is -2.75. The lowest BCUT2D eigenvalue weighted by atomic mass is 10.0. The molecular formula is C22H25N3O. The number of aromatic nitrogens is 1. The van der Waals surface area contributed by atoms with Gasteiger partial charge < -0.3 is 14.2 Å². The molecule has 1 atom stereocenters. The second-order valence-electron chi connectivity index (χ2n) is 7.14.